The minimum atomic E-state index is -0.228. The van der Waals surface area contributed by atoms with Crippen molar-refractivity contribution in [3.63, 3.8) is 0 Å². The number of anilines is 2. The second kappa shape index (κ2) is 9.19. The van der Waals surface area contributed by atoms with E-state index in [1.165, 1.54) is 11.1 Å². The Balaban J connectivity index is 1.66. The van der Waals surface area contributed by atoms with Crippen molar-refractivity contribution in [3.05, 3.63) is 76.7 Å². The molecule has 0 atom stereocenters. The molecule has 0 unspecified atom stereocenters. The molecule has 0 aliphatic carbocycles. The monoisotopic (exact) mass is 390 g/mol. The smallest absolute Gasteiger partial charge is 0.270 e. The molecule has 3 rings (SSSR count). The quantitative estimate of drug-likeness (QED) is 0.634. The van der Waals surface area contributed by atoms with E-state index in [0.29, 0.717) is 30.3 Å². The van der Waals surface area contributed by atoms with Crippen LogP contribution in [-0.4, -0.2) is 29.5 Å². The van der Waals surface area contributed by atoms with Crippen molar-refractivity contribution in [3.8, 4) is 5.75 Å². The zero-order valence-corrected chi connectivity index (χ0v) is 17.2. The predicted molar refractivity (Wildman–Crippen MR) is 115 cm³/mol. The Labute approximate surface area is 171 Å². The fourth-order valence-electron chi connectivity index (χ4n) is 3.03. The van der Waals surface area contributed by atoms with E-state index in [1.54, 1.807) is 20.1 Å². The molecular weight excluding hydrogens is 364 g/mol. The zero-order valence-electron chi connectivity index (χ0n) is 17.2. The second-order valence-electron chi connectivity index (χ2n) is 6.93. The van der Waals surface area contributed by atoms with Crippen molar-refractivity contribution >= 4 is 17.4 Å². The number of carbonyl (C=O) groups is 1. The van der Waals surface area contributed by atoms with E-state index in [2.05, 4.69) is 46.6 Å². The second-order valence-corrected chi connectivity index (χ2v) is 6.93. The Bertz CT molecular complexity index is 1020. The molecule has 0 bridgehead atoms. The summed E-state index contributed by atoms with van der Waals surface area (Å²) < 4.78 is 5.35. The third-order valence-electron chi connectivity index (χ3n) is 4.72. The first-order valence-corrected chi connectivity index (χ1v) is 9.56. The van der Waals surface area contributed by atoms with Gasteiger partial charge in [0.05, 0.1) is 7.11 Å². The standard InChI is InChI=1S/C23H26N4O2/c1-15-9-10-19(13-16(15)2)27-22-14-20(25-17(3)26-22)23(28)24-12-11-18-7-5-6-8-21(18)29-4/h5-10,13-14H,11-12H2,1-4H3,(H,24,28)(H,25,26,27). The van der Waals surface area contributed by atoms with Gasteiger partial charge in [0.2, 0.25) is 0 Å². The maximum atomic E-state index is 12.6. The molecule has 1 aromatic heterocycles. The largest absolute Gasteiger partial charge is 0.496 e. The van der Waals surface area contributed by atoms with Gasteiger partial charge in [0.1, 0.15) is 23.1 Å². The fourth-order valence-corrected chi connectivity index (χ4v) is 3.03. The number of hydrogen-bond acceptors (Lipinski definition) is 5. The van der Waals surface area contributed by atoms with E-state index < -0.39 is 0 Å². The minimum absolute atomic E-state index is 0.228. The number of aromatic nitrogens is 2. The number of rotatable bonds is 7. The van der Waals surface area contributed by atoms with Crippen LogP contribution in [0, 0.1) is 20.8 Å². The minimum Gasteiger partial charge on any atom is -0.496 e. The van der Waals surface area contributed by atoms with E-state index in [-0.39, 0.29) is 5.91 Å². The number of nitrogens with zero attached hydrogens (tertiary/aromatic N) is 2. The van der Waals surface area contributed by atoms with Gasteiger partial charge in [0.25, 0.3) is 5.91 Å². The number of carbonyl (C=O) groups excluding carboxylic acids is 1. The van der Waals surface area contributed by atoms with E-state index in [9.17, 15) is 4.79 Å². The molecule has 2 aromatic carbocycles. The van der Waals surface area contributed by atoms with Crippen LogP contribution in [0.3, 0.4) is 0 Å². The van der Waals surface area contributed by atoms with Gasteiger partial charge in [0, 0.05) is 18.3 Å². The summed E-state index contributed by atoms with van der Waals surface area (Å²) in [6, 6.07) is 15.6. The van der Waals surface area contributed by atoms with E-state index in [4.69, 9.17) is 4.74 Å². The van der Waals surface area contributed by atoms with Crippen molar-refractivity contribution in [1.82, 2.24) is 15.3 Å². The van der Waals surface area contributed by atoms with Crippen LogP contribution in [0.2, 0.25) is 0 Å². The van der Waals surface area contributed by atoms with Crippen LogP contribution in [0.1, 0.15) is 33.0 Å². The molecule has 150 valence electrons. The van der Waals surface area contributed by atoms with Gasteiger partial charge in [-0.2, -0.15) is 0 Å². The highest BCUT2D eigenvalue weighted by Crippen LogP contribution is 2.19. The first-order valence-electron chi connectivity index (χ1n) is 9.56. The highest BCUT2D eigenvalue weighted by Gasteiger charge is 2.11. The van der Waals surface area contributed by atoms with Gasteiger partial charge in [0.15, 0.2) is 0 Å². The average molecular weight is 390 g/mol. The SMILES string of the molecule is COc1ccccc1CCNC(=O)c1cc(Nc2ccc(C)c(C)c2)nc(C)n1. The number of amides is 1. The maximum absolute atomic E-state index is 12.6. The molecular formula is C23H26N4O2. The molecule has 0 aliphatic rings. The summed E-state index contributed by atoms with van der Waals surface area (Å²) in [5.41, 5.74) is 4.73. The predicted octanol–water partition coefficient (Wildman–Crippen LogP) is 4.13. The lowest BCUT2D eigenvalue weighted by atomic mass is 10.1. The molecule has 6 nitrogen and oxygen atoms in total. The van der Waals surface area contributed by atoms with Crippen LogP contribution < -0.4 is 15.4 Å². The van der Waals surface area contributed by atoms with E-state index >= 15 is 0 Å². The average Bonchev–Trinajstić information content (AvgIpc) is 2.70. The van der Waals surface area contributed by atoms with Crippen molar-refractivity contribution in [2.45, 2.75) is 27.2 Å². The Kier molecular flexibility index (Phi) is 6.44. The van der Waals surface area contributed by atoms with Gasteiger partial charge in [-0.05, 0) is 62.1 Å². The Morgan fingerprint density at radius 1 is 1.00 bits per heavy atom. The molecule has 0 saturated heterocycles. The number of para-hydroxylation sites is 1. The van der Waals surface area contributed by atoms with Crippen molar-refractivity contribution in [1.29, 1.82) is 0 Å². The highest BCUT2D eigenvalue weighted by molar-refractivity contribution is 5.93. The van der Waals surface area contributed by atoms with Gasteiger partial charge in [-0.25, -0.2) is 9.97 Å². The zero-order chi connectivity index (χ0) is 20.8. The maximum Gasteiger partial charge on any atom is 0.270 e. The molecule has 6 heteroatoms. The van der Waals surface area contributed by atoms with E-state index in [1.807, 2.05) is 30.3 Å². The molecule has 0 spiro atoms. The number of aryl methyl sites for hydroxylation is 3. The lowest BCUT2D eigenvalue weighted by molar-refractivity contribution is 0.0948. The van der Waals surface area contributed by atoms with Crippen LogP contribution in [0.4, 0.5) is 11.5 Å². The highest BCUT2D eigenvalue weighted by atomic mass is 16.5. The first-order chi connectivity index (χ1) is 14.0. The van der Waals surface area contributed by atoms with Crippen LogP contribution in [0.5, 0.6) is 5.75 Å². The molecule has 0 radical (unpaired) electrons. The molecule has 2 N–H and O–H groups in total. The summed E-state index contributed by atoms with van der Waals surface area (Å²) in [4.78, 5) is 21.3. The number of nitrogens with one attached hydrogen (secondary N) is 2. The van der Waals surface area contributed by atoms with Crippen LogP contribution >= 0.6 is 0 Å². The number of ether oxygens (including phenoxy) is 1. The number of hydrogen-bond donors (Lipinski definition) is 2. The third kappa shape index (κ3) is 5.31. The number of methoxy groups -OCH3 is 1. The third-order valence-corrected chi connectivity index (χ3v) is 4.72. The van der Waals surface area contributed by atoms with Gasteiger partial charge in [-0.3, -0.25) is 4.79 Å². The Morgan fingerprint density at radius 3 is 2.55 bits per heavy atom. The van der Waals surface area contributed by atoms with Crippen LogP contribution in [0.25, 0.3) is 0 Å². The Morgan fingerprint density at radius 2 is 1.79 bits per heavy atom. The topological polar surface area (TPSA) is 76.1 Å². The summed E-state index contributed by atoms with van der Waals surface area (Å²) in [6.45, 7) is 6.40. The molecule has 1 amide bonds. The van der Waals surface area contributed by atoms with Gasteiger partial charge < -0.3 is 15.4 Å². The summed E-state index contributed by atoms with van der Waals surface area (Å²) in [5.74, 6) is 1.72. The van der Waals surface area contributed by atoms with Gasteiger partial charge in [-0.15, -0.1) is 0 Å². The Hall–Kier alpha value is -3.41. The van der Waals surface area contributed by atoms with Gasteiger partial charge >= 0.3 is 0 Å². The normalized spacial score (nSPS) is 10.5. The van der Waals surface area contributed by atoms with Crippen molar-refractivity contribution < 1.29 is 9.53 Å². The number of benzene rings is 2. The molecule has 0 aliphatic heterocycles. The molecule has 0 saturated carbocycles. The van der Waals surface area contributed by atoms with Crippen LogP contribution in [-0.2, 0) is 6.42 Å². The van der Waals surface area contributed by atoms with Crippen LogP contribution in [0.15, 0.2) is 48.5 Å². The van der Waals surface area contributed by atoms with E-state index in [0.717, 1.165) is 17.0 Å². The molecule has 0 fully saturated rings. The summed E-state index contributed by atoms with van der Waals surface area (Å²) >= 11 is 0. The summed E-state index contributed by atoms with van der Waals surface area (Å²) in [5, 5.41) is 6.18. The first kappa shape index (κ1) is 20.3. The lowest BCUT2D eigenvalue weighted by Crippen LogP contribution is -2.27. The summed E-state index contributed by atoms with van der Waals surface area (Å²) in [6.07, 6.45) is 0.674. The molecule has 1 heterocycles. The van der Waals surface area contributed by atoms with Crippen molar-refractivity contribution in [2.75, 3.05) is 19.0 Å². The van der Waals surface area contributed by atoms with Crippen molar-refractivity contribution in [2.24, 2.45) is 0 Å². The summed E-state index contributed by atoms with van der Waals surface area (Å²) in [7, 11) is 1.64. The molecule has 29 heavy (non-hydrogen) atoms. The molecule has 3 aromatic rings. The fraction of sp³-hybridized carbons (Fsp3) is 0.261. The lowest BCUT2D eigenvalue weighted by Gasteiger charge is -2.11. The van der Waals surface area contributed by atoms with Gasteiger partial charge in [-0.1, -0.05) is 24.3 Å².